The quantitative estimate of drug-likeness (QED) is 0.0212. The summed E-state index contributed by atoms with van der Waals surface area (Å²) in [6.45, 7) is 6.82. The number of unbranched alkanes of at least 4 members (excludes halogenated alkanes) is 36. The number of carbonyl (C=O) groups excluding carboxylic acids is 2. The summed E-state index contributed by atoms with van der Waals surface area (Å²) in [5, 5.41) is 3.04. The molecule has 0 radical (unpaired) electrons. The van der Waals surface area contributed by atoms with Gasteiger partial charge in [0, 0.05) is 12.8 Å². The maximum Gasteiger partial charge on any atom is 0.306 e. The summed E-state index contributed by atoms with van der Waals surface area (Å²) in [5.41, 5.74) is 0. The van der Waals surface area contributed by atoms with Gasteiger partial charge in [-0.2, -0.15) is 0 Å². The third-order valence-electron chi connectivity index (χ3n) is 15.1. The van der Waals surface area contributed by atoms with Crippen LogP contribution in [0.3, 0.4) is 0 Å². The van der Waals surface area contributed by atoms with Gasteiger partial charge < -0.3 is 28.5 Å². The van der Waals surface area contributed by atoms with Crippen molar-refractivity contribution in [2.24, 2.45) is 0 Å². The molecule has 10 heteroatoms. The van der Waals surface area contributed by atoms with E-state index in [2.05, 4.69) is 86.8 Å². The minimum absolute atomic E-state index is 0.0249. The van der Waals surface area contributed by atoms with E-state index >= 15 is 0 Å². The van der Waals surface area contributed by atoms with Crippen LogP contribution in [0.5, 0.6) is 0 Å². The molecule has 0 heterocycles. The highest BCUT2D eigenvalue weighted by atomic mass is 31.2. The van der Waals surface area contributed by atoms with Crippen LogP contribution in [0.1, 0.15) is 316 Å². The first-order chi connectivity index (χ1) is 39.4. The summed E-state index contributed by atoms with van der Waals surface area (Å²) in [6, 6.07) is -0.894. The second kappa shape index (κ2) is 60.6. The zero-order valence-corrected chi connectivity index (χ0v) is 54.9. The van der Waals surface area contributed by atoms with Crippen molar-refractivity contribution in [1.29, 1.82) is 0 Å². The first-order valence-corrected chi connectivity index (χ1v) is 35.7. The number of carbonyl (C=O) groups is 2. The number of amides is 1. The molecule has 0 spiro atoms. The van der Waals surface area contributed by atoms with Crippen molar-refractivity contribution in [2.75, 3.05) is 40.9 Å². The highest BCUT2D eigenvalue weighted by molar-refractivity contribution is 7.45. The Kier molecular flexibility index (Phi) is 58.7. The van der Waals surface area contributed by atoms with E-state index in [4.69, 9.17) is 13.8 Å². The second-order valence-corrected chi connectivity index (χ2v) is 25.7. The fourth-order valence-electron chi connectivity index (χ4n) is 9.80. The number of esters is 1. The molecular formula is C71H131N2O7P. The summed E-state index contributed by atoms with van der Waals surface area (Å²) in [6.07, 6.45) is 78.7. The lowest BCUT2D eigenvalue weighted by Crippen LogP contribution is -2.47. The molecule has 0 aromatic carbocycles. The van der Waals surface area contributed by atoms with Gasteiger partial charge in [-0.1, -0.05) is 274 Å². The van der Waals surface area contributed by atoms with E-state index in [0.29, 0.717) is 17.4 Å². The molecule has 0 saturated carbocycles. The first kappa shape index (κ1) is 78.5. The predicted molar refractivity (Wildman–Crippen MR) is 348 cm³/mol. The van der Waals surface area contributed by atoms with Crippen LogP contribution in [0.4, 0.5) is 0 Å². The molecule has 3 unspecified atom stereocenters. The van der Waals surface area contributed by atoms with E-state index in [9.17, 15) is 19.0 Å². The van der Waals surface area contributed by atoms with Gasteiger partial charge in [-0.05, 0) is 102 Å². The molecule has 81 heavy (non-hydrogen) atoms. The second-order valence-electron chi connectivity index (χ2n) is 24.3. The van der Waals surface area contributed by atoms with Gasteiger partial charge in [0.2, 0.25) is 5.91 Å². The summed E-state index contributed by atoms with van der Waals surface area (Å²) in [4.78, 5) is 40.1. The zero-order chi connectivity index (χ0) is 59.3. The van der Waals surface area contributed by atoms with Crippen LogP contribution >= 0.6 is 7.82 Å². The number of hydrogen-bond acceptors (Lipinski definition) is 7. The van der Waals surface area contributed by atoms with Crippen molar-refractivity contribution in [2.45, 2.75) is 328 Å². The molecule has 0 bridgehead atoms. The largest absolute Gasteiger partial charge is 0.756 e. The Morgan fingerprint density at radius 2 is 0.753 bits per heavy atom. The van der Waals surface area contributed by atoms with E-state index in [1.54, 1.807) is 0 Å². The number of phosphoric acid groups is 1. The lowest BCUT2D eigenvalue weighted by molar-refractivity contribution is -0.870. The van der Waals surface area contributed by atoms with Crippen LogP contribution < -0.4 is 10.2 Å². The van der Waals surface area contributed by atoms with Crippen molar-refractivity contribution >= 4 is 19.7 Å². The summed E-state index contributed by atoms with van der Waals surface area (Å²) < 4.78 is 30.4. The van der Waals surface area contributed by atoms with Crippen molar-refractivity contribution in [3.63, 3.8) is 0 Å². The number of phosphoric ester groups is 1. The van der Waals surface area contributed by atoms with Gasteiger partial charge in [-0.25, -0.2) is 0 Å². The van der Waals surface area contributed by atoms with Gasteiger partial charge in [-0.15, -0.1) is 0 Å². The Morgan fingerprint density at radius 3 is 1.16 bits per heavy atom. The number of allylic oxidation sites excluding steroid dienone is 11. The van der Waals surface area contributed by atoms with E-state index in [0.717, 1.165) is 96.3 Å². The minimum Gasteiger partial charge on any atom is -0.756 e. The summed E-state index contributed by atoms with van der Waals surface area (Å²) in [7, 11) is 1.18. The molecule has 0 aromatic heterocycles. The number of hydrogen-bond donors (Lipinski definition) is 1. The van der Waals surface area contributed by atoms with Gasteiger partial charge >= 0.3 is 5.97 Å². The molecule has 9 nitrogen and oxygen atoms in total. The Balaban J connectivity index is 5.04. The smallest absolute Gasteiger partial charge is 0.306 e. The molecule has 0 aromatic rings. The Labute approximate surface area is 502 Å². The SMILES string of the molecule is CCCCC/C=C\C/C=C\C/C=C\C/C=C\CCCCCCCCCCCCCC(=O)NC(COP(=O)([O-])OCC[N+](C)(C)C)C(/C=C\CCCCCCCCCCC)OC(=O)CCCCCCCCC/C=C/CCCCCCCC. The van der Waals surface area contributed by atoms with E-state index < -0.39 is 26.6 Å². The van der Waals surface area contributed by atoms with Crippen LogP contribution in [0.2, 0.25) is 0 Å². The number of quaternary nitrogens is 1. The average Bonchev–Trinajstić information content (AvgIpc) is 3.43. The Hall–Kier alpha value is -2.55. The number of likely N-dealkylation sites (N-methyl/N-ethyl adjacent to an activating group) is 1. The Morgan fingerprint density at radius 1 is 0.432 bits per heavy atom. The zero-order valence-electron chi connectivity index (χ0n) is 54.0. The standard InChI is InChI=1S/C71H131N2O7P/c1-7-10-13-16-19-22-25-27-29-31-32-33-34-35-36-37-38-39-40-42-43-45-48-51-54-57-60-63-70(74)72-68(67-79-81(76,77)78-66-65-73(4,5)6)69(62-59-56-53-50-47-24-21-18-15-12-9-3)80-71(75)64-61-58-55-52-49-46-44-41-30-28-26-23-20-17-14-11-8-2/h19,22,27-30,32-33,35-36,59,62,68-69H,7-18,20-21,23-26,31,34,37-58,60-61,63-67H2,1-6H3,(H-,72,74,76,77)/b22-19-,29-27-,30-28+,33-32-,36-35-,62-59-. The van der Waals surface area contributed by atoms with Crippen LogP contribution in [0.25, 0.3) is 0 Å². The van der Waals surface area contributed by atoms with Crippen molar-refractivity contribution < 1.29 is 37.3 Å². The Bertz CT molecular complexity index is 1620. The molecule has 3 atom stereocenters. The molecule has 0 fully saturated rings. The van der Waals surface area contributed by atoms with Crippen LogP contribution in [-0.2, 0) is 27.9 Å². The minimum atomic E-state index is -4.70. The lowest BCUT2D eigenvalue weighted by Gasteiger charge is -2.30. The molecule has 472 valence electrons. The fourth-order valence-corrected chi connectivity index (χ4v) is 10.5. The molecule has 0 aliphatic carbocycles. The van der Waals surface area contributed by atoms with Crippen molar-refractivity contribution in [1.82, 2.24) is 5.32 Å². The maximum absolute atomic E-state index is 13.6. The average molecular weight is 1160 g/mol. The summed E-state index contributed by atoms with van der Waals surface area (Å²) in [5.74, 6) is -0.543. The van der Waals surface area contributed by atoms with Crippen LogP contribution in [0.15, 0.2) is 72.9 Å². The first-order valence-electron chi connectivity index (χ1n) is 34.2. The highest BCUT2D eigenvalue weighted by Gasteiger charge is 2.27. The third kappa shape index (κ3) is 61.8. The number of ether oxygens (including phenoxy) is 1. The van der Waals surface area contributed by atoms with Gasteiger partial charge in [-0.3, -0.25) is 14.2 Å². The maximum atomic E-state index is 13.6. The van der Waals surface area contributed by atoms with E-state index in [1.807, 2.05) is 33.3 Å². The van der Waals surface area contributed by atoms with Gasteiger partial charge in [0.25, 0.3) is 7.82 Å². The van der Waals surface area contributed by atoms with E-state index in [-0.39, 0.29) is 24.9 Å². The molecule has 1 N–H and O–H groups in total. The number of nitrogens with one attached hydrogen (secondary N) is 1. The van der Waals surface area contributed by atoms with Crippen LogP contribution in [-0.4, -0.2) is 69.4 Å². The molecule has 1 amide bonds. The van der Waals surface area contributed by atoms with Crippen molar-refractivity contribution in [3.8, 4) is 0 Å². The lowest BCUT2D eigenvalue weighted by atomic mass is 10.0. The van der Waals surface area contributed by atoms with Gasteiger partial charge in [0.1, 0.15) is 19.3 Å². The number of nitrogens with zero attached hydrogens (tertiary/aromatic N) is 1. The third-order valence-corrected chi connectivity index (χ3v) is 16.1. The molecule has 0 aliphatic rings. The molecule has 0 aliphatic heterocycles. The van der Waals surface area contributed by atoms with Crippen molar-refractivity contribution in [3.05, 3.63) is 72.9 Å². The van der Waals surface area contributed by atoms with E-state index in [1.165, 1.54) is 186 Å². The van der Waals surface area contributed by atoms with Crippen LogP contribution in [0, 0.1) is 0 Å². The normalized spacial score (nSPS) is 14.0. The molecular weight excluding hydrogens is 1020 g/mol. The summed E-state index contributed by atoms with van der Waals surface area (Å²) >= 11 is 0. The predicted octanol–water partition coefficient (Wildman–Crippen LogP) is 20.9. The molecule has 0 saturated heterocycles. The topological polar surface area (TPSA) is 114 Å². The van der Waals surface area contributed by atoms with Gasteiger partial charge in [0.05, 0.1) is 33.8 Å². The van der Waals surface area contributed by atoms with Gasteiger partial charge in [0.15, 0.2) is 0 Å². The molecule has 0 rings (SSSR count). The number of rotatable bonds is 62. The monoisotopic (exact) mass is 1150 g/mol. The highest BCUT2D eigenvalue weighted by Crippen LogP contribution is 2.38. The fraction of sp³-hybridized carbons (Fsp3) is 0.803.